The number of hydrogen-bond acceptors (Lipinski definition) is 6. The van der Waals surface area contributed by atoms with Gasteiger partial charge in [-0.25, -0.2) is 4.79 Å². The number of fused-ring (bicyclic) bond motifs is 1. The molecule has 0 bridgehead atoms. The first-order valence-corrected chi connectivity index (χ1v) is 8.49. The zero-order valence-corrected chi connectivity index (χ0v) is 14.4. The molecule has 0 fully saturated rings. The Morgan fingerprint density at radius 2 is 1.80 bits per heavy atom. The van der Waals surface area contributed by atoms with Crippen molar-refractivity contribution in [2.75, 3.05) is 0 Å². The lowest BCUT2D eigenvalue weighted by molar-refractivity contribution is 0.557. The molecule has 0 saturated heterocycles. The number of benzene rings is 2. The molecule has 0 atom stereocenters. The Hall–Kier alpha value is -2.93. The molecule has 0 amide bonds. The first-order chi connectivity index (χ1) is 12.1. The number of aromatic nitrogens is 4. The smallest absolute Gasteiger partial charge is 0.337 e. The standard InChI is InChI=1S/C18H14N4O2S/c1-11-7-12(2)9-13(8-11)22-18(19-20-21-22)25-16-10-17(23)24-15-6-4-3-5-14(15)16/h3-10H,1-2H3. The van der Waals surface area contributed by atoms with Crippen LogP contribution in [0.2, 0.25) is 0 Å². The Bertz CT molecular complexity index is 1110. The van der Waals surface area contributed by atoms with E-state index >= 15 is 0 Å². The Morgan fingerprint density at radius 3 is 2.60 bits per heavy atom. The highest BCUT2D eigenvalue weighted by atomic mass is 32.2. The minimum atomic E-state index is -0.397. The van der Waals surface area contributed by atoms with Crippen molar-refractivity contribution in [3.8, 4) is 5.69 Å². The SMILES string of the molecule is Cc1cc(C)cc(-n2nnnc2Sc2cc(=O)oc3ccccc23)c1. The van der Waals surface area contributed by atoms with Crippen LogP contribution in [0.4, 0.5) is 0 Å². The molecule has 124 valence electrons. The van der Waals surface area contributed by atoms with E-state index in [9.17, 15) is 4.79 Å². The molecule has 0 radical (unpaired) electrons. The van der Waals surface area contributed by atoms with Gasteiger partial charge in [-0.15, -0.1) is 5.10 Å². The summed E-state index contributed by atoms with van der Waals surface area (Å²) in [6, 6.07) is 15.0. The van der Waals surface area contributed by atoms with E-state index < -0.39 is 5.63 Å². The summed E-state index contributed by atoms with van der Waals surface area (Å²) >= 11 is 1.34. The number of aryl methyl sites for hydroxylation is 2. The highest BCUT2D eigenvalue weighted by Gasteiger charge is 2.14. The Kier molecular flexibility index (Phi) is 3.85. The second-order valence-corrected chi connectivity index (χ2v) is 6.76. The molecule has 0 aliphatic rings. The Balaban J connectivity index is 1.81. The quantitative estimate of drug-likeness (QED) is 0.526. The molecule has 25 heavy (non-hydrogen) atoms. The van der Waals surface area contributed by atoms with Crippen LogP contribution in [0.25, 0.3) is 16.7 Å². The second-order valence-electron chi connectivity index (χ2n) is 5.75. The number of tetrazole rings is 1. The maximum Gasteiger partial charge on any atom is 0.337 e. The van der Waals surface area contributed by atoms with Gasteiger partial charge in [0.1, 0.15) is 5.58 Å². The second kappa shape index (κ2) is 6.18. The van der Waals surface area contributed by atoms with Gasteiger partial charge < -0.3 is 4.42 Å². The van der Waals surface area contributed by atoms with Crippen LogP contribution < -0.4 is 5.63 Å². The summed E-state index contributed by atoms with van der Waals surface area (Å²) in [4.78, 5) is 12.6. The van der Waals surface area contributed by atoms with E-state index in [-0.39, 0.29) is 0 Å². The van der Waals surface area contributed by atoms with E-state index in [0.717, 1.165) is 27.1 Å². The van der Waals surface area contributed by atoms with Gasteiger partial charge in [-0.3, -0.25) is 0 Å². The summed E-state index contributed by atoms with van der Waals surface area (Å²) < 4.78 is 6.92. The van der Waals surface area contributed by atoms with E-state index in [1.165, 1.54) is 17.8 Å². The van der Waals surface area contributed by atoms with E-state index in [0.29, 0.717) is 10.7 Å². The van der Waals surface area contributed by atoms with Gasteiger partial charge in [-0.1, -0.05) is 24.3 Å². The predicted molar refractivity (Wildman–Crippen MR) is 95.2 cm³/mol. The molecule has 2 aromatic heterocycles. The van der Waals surface area contributed by atoms with Crippen molar-refractivity contribution in [1.29, 1.82) is 0 Å². The van der Waals surface area contributed by atoms with Crippen LogP contribution in [0.5, 0.6) is 0 Å². The molecular weight excluding hydrogens is 336 g/mol. The summed E-state index contributed by atoms with van der Waals surface area (Å²) in [6.07, 6.45) is 0. The lowest BCUT2D eigenvalue weighted by atomic mass is 10.1. The van der Waals surface area contributed by atoms with Gasteiger partial charge in [0.25, 0.3) is 0 Å². The average molecular weight is 350 g/mol. The largest absolute Gasteiger partial charge is 0.423 e. The Morgan fingerprint density at radius 1 is 1.04 bits per heavy atom. The molecule has 4 aromatic rings. The van der Waals surface area contributed by atoms with Gasteiger partial charge in [0, 0.05) is 16.3 Å². The monoisotopic (exact) mass is 350 g/mol. The van der Waals surface area contributed by atoms with E-state index in [1.54, 1.807) is 10.7 Å². The van der Waals surface area contributed by atoms with Crippen LogP contribution in [0.3, 0.4) is 0 Å². The molecule has 7 heteroatoms. The van der Waals surface area contributed by atoms with Crippen molar-refractivity contribution in [2.45, 2.75) is 23.9 Å². The molecular formula is C18H14N4O2S. The zero-order chi connectivity index (χ0) is 17.4. The molecule has 0 unspecified atom stereocenters. The molecule has 0 aliphatic heterocycles. The topological polar surface area (TPSA) is 73.8 Å². The number of nitrogens with zero attached hydrogens (tertiary/aromatic N) is 4. The van der Waals surface area contributed by atoms with Crippen LogP contribution in [0.15, 0.2) is 67.8 Å². The van der Waals surface area contributed by atoms with E-state index in [4.69, 9.17) is 4.42 Å². The Labute approximate surface area is 147 Å². The third-order valence-electron chi connectivity index (χ3n) is 3.71. The van der Waals surface area contributed by atoms with Crippen molar-refractivity contribution < 1.29 is 4.42 Å². The van der Waals surface area contributed by atoms with Crippen LogP contribution in [-0.2, 0) is 0 Å². The van der Waals surface area contributed by atoms with Gasteiger partial charge >= 0.3 is 5.63 Å². The maximum absolute atomic E-state index is 11.8. The van der Waals surface area contributed by atoms with Crippen molar-refractivity contribution in [1.82, 2.24) is 20.2 Å². The van der Waals surface area contributed by atoms with Gasteiger partial charge in [0.05, 0.1) is 5.69 Å². The summed E-state index contributed by atoms with van der Waals surface area (Å²) in [6.45, 7) is 4.06. The van der Waals surface area contributed by atoms with E-state index in [1.807, 2.05) is 44.2 Å². The highest BCUT2D eigenvalue weighted by molar-refractivity contribution is 7.99. The van der Waals surface area contributed by atoms with Crippen LogP contribution in [0, 0.1) is 13.8 Å². The fourth-order valence-electron chi connectivity index (χ4n) is 2.74. The van der Waals surface area contributed by atoms with Crippen LogP contribution >= 0.6 is 11.8 Å². The third kappa shape index (κ3) is 3.06. The van der Waals surface area contributed by atoms with Gasteiger partial charge in [0.15, 0.2) is 0 Å². The van der Waals surface area contributed by atoms with Crippen LogP contribution in [-0.4, -0.2) is 20.2 Å². The van der Waals surface area contributed by atoms with Crippen molar-refractivity contribution in [3.63, 3.8) is 0 Å². The molecule has 2 aromatic carbocycles. The highest BCUT2D eigenvalue weighted by Crippen LogP contribution is 2.32. The minimum absolute atomic E-state index is 0.397. The fourth-order valence-corrected chi connectivity index (χ4v) is 3.68. The van der Waals surface area contributed by atoms with Crippen LogP contribution in [0.1, 0.15) is 11.1 Å². The summed E-state index contributed by atoms with van der Waals surface area (Å²) in [5.41, 5.74) is 3.30. The number of rotatable bonds is 3. The van der Waals surface area contributed by atoms with E-state index in [2.05, 4.69) is 21.6 Å². The maximum atomic E-state index is 11.8. The minimum Gasteiger partial charge on any atom is -0.423 e. The van der Waals surface area contributed by atoms with Crippen molar-refractivity contribution in [2.24, 2.45) is 0 Å². The third-order valence-corrected chi connectivity index (χ3v) is 4.70. The predicted octanol–water partition coefficient (Wildman–Crippen LogP) is 3.54. The normalized spacial score (nSPS) is 11.1. The first-order valence-electron chi connectivity index (χ1n) is 7.68. The molecule has 0 saturated carbocycles. The summed E-state index contributed by atoms with van der Waals surface area (Å²) in [5, 5.41) is 13.4. The molecule has 4 rings (SSSR count). The zero-order valence-electron chi connectivity index (χ0n) is 13.6. The first kappa shape index (κ1) is 15.6. The lowest BCUT2D eigenvalue weighted by Gasteiger charge is -2.07. The molecule has 0 spiro atoms. The summed E-state index contributed by atoms with van der Waals surface area (Å²) in [5.74, 6) is 0. The molecule has 6 nitrogen and oxygen atoms in total. The average Bonchev–Trinajstić information content (AvgIpc) is 3.02. The van der Waals surface area contributed by atoms with Crippen molar-refractivity contribution >= 4 is 22.7 Å². The fraction of sp³-hybridized carbons (Fsp3) is 0.111. The van der Waals surface area contributed by atoms with Gasteiger partial charge in [-0.2, -0.15) is 4.68 Å². The summed E-state index contributed by atoms with van der Waals surface area (Å²) in [7, 11) is 0. The van der Waals surface area contributed by atoms with Crippen molar-refractivity contribution in [3.05, 3.63) is 70.1 Å². The number of para-hydroxylation sites is 1. The van der Waals surface area contributed by atoms with Gasteiger partial charge in [-0.05, 0) is 65.4 Å². The lowest BCUT2D eigenvalue weighted by Crippen LogP contribution is -2.01. The molecule has 2 heterocycles. The number of hydrogen-bond donors (Lipinski definition) is 0. The molecule has 0 N–H and O–H groups in total. The van der Waals surface area contributed by atoms with Gasteiger partial charge in [0.2, 0.25) is 5.16 Å². The molecule has 0 aliphatic carbocycles.